The quantitative estimate of drug-likeness (QED) is 0.382. The van der Waals surface area contributed by atoms with Crippen LogP contribution in [0.4, 0.5) is 22.0 Å². The lowest BCUT2D eigenvalue weighted by Gasteiger charge is -2.24. The number of halogens is 5. The zero-order valence-electron chi connectivity index (χ0n) is 6.16. The summed E-state index contributed by atoms with van der Waals surface area (Å²) in [7, 11) is 0. The van der Waals surface area contributed by atoms with Crippen molar-refractivity contribution in [2.24, 2.45) is 4.99 Å². The molecule has 1 saturated carbocycles. The summed E-state index contributed by atoms with van der Waals surface area (Å²) in [6.45, 7) is 0. The molecule has 0 aromatic rings. The predicted molar refractivity (Wildman–Crippen MR) is 31.1 cm³/mol. The fourth-order valence-electron chi connectivity index (χ4n) is 0.966. The molecule has 0 unspecified atom stereocenters. The lowest BCUT2D eigenvalue weighted by Crippen LogP contribution is -2.47. The van der Waals surface area contributed by atoms with E-state index in [1.165, 1.54) is 0 Å². The van der Waals surface area contributed by atoms with Gasteiger partial charge < -0.3 is 0 Å². The normalized spacial score (nSPS) is 20.7. The summed E-state index contributed by atoms with van der Waals surface area (Å²) in [5, 5.41) is 0. The molecular formula is C6H4F5NO. The van der Waals surface area contributed by atoms with E-state index in [1.807, 2.05) is 0 Å². The molecule has 0 radical (unpaired) electrons. The maximum Gasteiger partial charge on any atom is 0.455 e. The Hall–Kier alpha value is -0.970. The molecule has 0 aromatic carbocycles. The van der Waals surface area contributed by atoms with Crippen molar-refractivity contribution < 1.29 is 26.7 Å². The Labute approximate surface area is 69.4 Å². The fourth-order valence-corrected chi connectivity index (χ4v) is 0.966. The molecule has 0 spiro atoms. The van der Waals surface area contributed by atoms with Crippen molar-refractivity contribution in [1.82, 2.24) is 0 Å². The van der Waals surface area contributed by atoms with E-state index in [0.717, 1.165) is 6.08 Å². The van der Waals surface area contributed by atoms with E-state index in [9.17, 15) is 26.7 Å². The van der Waals surface area contributed by atoms with Gasteiger partial charge in [0.1, 0.15) is 5.54 Å². The Kier molecular flexibility index (Phi) is 1.95. The summed E-state index contributed by atoms with van der Waals surface area (Å²) in [5.41, 5.74) is -2.58. The van der Waals surface area contributed by atoms with Gasteiger partial charge in [-0.3, -0.25) is 0 Å². The molecule has 7 heteroatoms. The minimum absolute atomic E-state index is 0.436. The second kappa shape index (κ2) is 2.51. The van der Waals surface area contributed by atoms with Crippen molar-refractivity contribution in [3.63, 3.8) is 0 Å². The summed E-state index contributed by atoms with van der Waals surface area (Å²) in [4.78, 5) is 12.2. The van der Waals surface area contributed by atoms with Crippen molar-refractivity contribution in [2.75, 3.05) is 0 Å². The van der Waals surface area contributed by atoms with Crippen LogP contribution < -0.4 is 0 Å². The second-order valence-corrected chi connectivity index (χ2v) is 2.81. The van der Waals surface area contributed by atoms with Crippen molar-refractivity contribution in [3.8, 4) is 0 Å². The first-order valence-electron chi connectivity index (χ1n) is 3.30. The van der Waals surface area contributed by atoms with Gasteiger partial charge in [-0.2, -0.15) is 26.9 Å². The van der Waals surface area contributed by atoms with Crippen molar-refractivity contribution >= 4 is 6.08 Å². The van der Waals surface area contributed by atoms with Gasteiger partial charge in [-0.25, -0.2) is 4.79 Å². The molecule has 1 rings (SSSR count). The van der Waals surface area contributed by atoms with Gasteiger partial charge in [0.15, 0.2) is 0 Å². The predicted octanol–water partition coefficient (Wildman–Crippen LogP) is 2.05. The van der Waals surface area contributed by atoms with Crippen LogP contribution in [0.15, 0.2) is 4.99 Å². The Bertz CT molecular complexity index is 261. The second-order valence-electron chi connectivity index (χ2n) is 2.81. The summed E-state index contributed by atoms with van der Waals surface area (Å²) >= 11 is 0. The largest absolute Gasteiger partial charge is 0.455 e. The number of isocyanates is 1. The Morgan fingerprint density at radius 2 is 1.62 bits per heavy atom. The number of carbonyl (C=O) groups excluding carboxylic acids is 1. The molecule has 0 aromatic heterocycles. The summed E-state index contributed by atoms with van der Waals surface area (Å²) in [6.07, 6.45) is -5.79. The standard InChI is InChI=1S/C6H4F5NO/c7-5(8,6(9,10)11)4(1-2-4)12-3-13/h1-2H2. The lowest BCUT2D eigenvalue weighted by atomic mass is 10.1. The van der Waals surface area contributed by atoms with Crippen LogP contribution >= 0.6 is 0 Å². The van der Waals surface area contributed by atoms with E-state index < -0.39 is 30.5 Å². The summed E-state index contributed by atoms with van der Waals surface area (Å²) in [6, 6.07) is 0. The highest BCUT2D eigenvalue weighted by Crippen LogP contribution is 2.57. The van der Waals surface area contributed by atoms with Crippen LogP contribution in [0.25, 0.3) is 0 Å². The van der Waals surface area contributed by atoms with E-state index in [1.54, 1.807) is 0 Å². The molecule has 74 valence electrons. The van der Waals surface area contributed by atoms with Gasteiger partial charge in [0, 0.05) is 0 Å². The molecule has 13 heavy (non-hydrogen) atoms. The minimum atomic E-state index is -5.66. The molecule has 0 aliphatic heterocycles. The number of hydrogen-bond donors (Lipinski definition) is 0. The van der Waals surface area contributed by atoms with Crippen molar-refractivity contribution in [1.29, 1.82) is 0 Å². The molecule has 1 fully saturated rings. The zero-order chi connectivity index (χ0) is 10.3. The third-order valence-corrected chi connectivity index (χ3v) is 1.92. The topological polar surface area (TPSA) is 29.4 Å². The van der Waals surface area contributed by atoms with E-state index >= 15 is 0 Å². The highest BCUT2D eigenvalue weighted by molar-refractivity contribution is 5.38. The van der Waals surface area contributed by atoms with Crippen LogP contribution in [0.2, 0.25) is 0 Å². The highest BCUT2D eigenvalue weighted by Gasteiger charge is 2.75. The van der Waals surface area contributed by atoms with Crippen LogP contribution in [0.5, 0.6) is 0 Å². The Morgan fingerprint density at radius 1 is 1.15 bits per heavy atom. The maximum atomic E-state index is 12.6. The number of alkyl halides is 5. The van der Waals surface area contributed by atoms with E-state index in [-0.39, 0.29) is 0 Å². The monoisotopic (exact) mass is 201 g/mol. The fraction of sp³-hybridized carbons (Fsp3) is 0.833. The van der Waals surface area contributed by atoms with Crippen LogP contribution in [-0.2, 0) is 4.79 Å². The van der Waals surface area contributed by atoms with Gasteiger partial charge in [0.25, 0.3) is 0 Å². The number of hydrogen-bond acceptors (Lipinski definition) is 2. The molecule has 0 N–H and O–H groups in total. The number of rotatable bonds is 2. The van der Waals surface area contributed by atoms with E-state index in [4.69, 9.17) is 0 Å². The van der Waals surface area contributed by atoms with Gasteiger partial charge in [-0.15, -0.1) is 0 Å². The smallest absolute Gasteiger partial charge is 0.211 e. The molecule has 0 saturated heterocycles. The molecule has 0 bridgehead atoms. The molecule has 0 amide bonds. The molecule has 2 nitrogen and oxygen atoms in total. The maximum absolute atomic E-state index is 12.6. The van der Waals surface area contributed by atoms with Crippen LogP contribution in [0.3, 0.4) is 0 Å². The third-order valence-electron chi connectivity index (χ3n) is 1.92. The van der Waals surface area contributed by atoms with Crippen molar-refractivity contribution in [3.05, 3.63) is 0 Å². The summed E-state index contributed by atoms with van der Waals surface area (Å²) in [5.74, 6) is -4.93. The van der Waals surface area contributed by atoms with E-state index in [2.05, 4.69) is 4.99 Å². The van der Waals surface area contributed by atoms with Crippen molar-refractivity contribution in [2.45, 2.75) is 30.5 Å². The first-order valence-corrected chi connectivity index (χ1v) is 3.30. The van der Waals surface area contributed by atoms with Gasteiger partial charge in [-0.05, 0) is 12.8 Å². The van der Waals surface area contributed by atoms with Crippen LogP contribution in [-0.4, -0.2) is 23.7 Å². The lowest BCUT2D eigenvalue weighted by molar-refractivity contribution is -0.293. The highest BCUT2D eigenvalue weighted by atomic mass is 19.4. The van der Waals surface area contributed by atoms with Gasteiger partial charge in [0.05, 0.1) is 0 Å². The Morgan fingerprint density at radius 3 is 1.85 bits per heavy atom. The zero-order valence-corrected chi connectivity index (χ0v) is 6.16. The van der Waals surface area contributed by atoms with Gasteiger partial charge in [-0.1, -0.05) is 0 Å². The SMILES string of the molecule is O=C=NC1(C(F)(F)C(F)(F)F)CC1. The Balaban J connectivity index is 2.99. The number of aliphatic imine (C=N–C) groups is 1. The number of nitrogens with zero attached hydrogens (tertiary/aromatic N) is 1. The average molecular weight is 201 g/mol. The van der Waals surface area contributed by atoms with Crippen LogP contribution in [0.1, 0.15) is 12.8 Å². The molecular weight excluding hydrogens is 197 g/mol. The first kappa shape index (κ1) is 10.1. The van der Waals surface area contributed by atoms with Crippen LogP contribution in [0, 0.1) is 0 Å². The first-order chi connectivity index (χ1) is 5.77. The minimum Gasteiger partial charge on any atom is -0.211 e. The molecule has 0 heterocycles. The van der Waals surface area contributed by atoms with E-state index in [0.29, 0.717) is 0 Å². The molecule has 0 atom stereocenters. The van der Waals surface area contributed by atoms with Gasteiger partial charge in [0.2, 0.25) is 6.08 Å². The molecule has 1 aliphatic rings. The molecule has 1 aliphatic carbocycles. The summed E-state index contributed by atoms with van der Waals surface area (Å²) < 4.78 is 60.4. The third kappa shape index (κ3) is 1.33. The average Bonchev–Trinajstić information content (AvgIpc) is 2.67. The van der Waals surface area contributed by atoms with Gasteiger partial charge >= 0.3 is 12.1 Å².